The van der Waals surface area contributed by atoms with Crippen LogP contribution in [0.3, 0.4) is 0 Å². The summed E-state index contributed by atoms with van der Waals surface area (Å²) in [6.45, 7) is 4.42. The second-order valence-electron chi connectivity index (χ2n) is 4.05. The molecule has 0 aromatic carbocycles. The van der Waals surface area contributed by atoms with Crippen LogP contribution >= 0.6 is 11.8 Å². The molecule has 16 heavy (non-hydrogen) atoms. The first-order chi connectivity index (χ1) is 7.66. The van der Waals surface area contributed by atoms with Gasteiger partial charge in [-0.25, -0.2) is 4.98 Å². The molecule has 0 saturated heterocycles. The number of rotatable bonds is 4. The summed E-state index contributed by atoms with van der Waals surface area (Å²) < 4.78 is 0. The summed E-state index contributed by atoms with van der Waals surface area (Å²) in [5, 5.41) is 8.62. The van der Waals surface area contributed by atoms with Crippen LogP contribution in [0.4, 0.5) is 5.95 Å². The highest BCUT2D eigenvalue weighted by atomic mass is 32.2. The minimum absolute atomic E-state index is 0.295. The first-order valence-corrected chi connectivity index (χ1v) is 6.24. The van der Waals surface area contributed by atoms with Crippen molar-refractivity contribution in [2.24, 2.45) is 5.92 Å². The van der Waals surface area contributed by atoms with Gasteiger partial charge in [0.05, 0.1) is 11.6 Å². The molecule has 0 spiro atoms. The molecule has 0 bridgehead atoms. The van der Waals surface area contributed by atoms with Gasteiger partial charge in [-0.1, -0.05) is 13.8 Å². The van der Waals surface area contributed by atoms with E-state index in [-0.39, 0.29) is 0 Å². The maximum absolute atomic E-state index is 5.63. The van der Waals surface area contributed by atoms with E-state index in [0.29, 0.717) is 17.5 Å². The Morgan fingerprint density at radius 3 is 3.00 bits per heavy atom. The molecule has 0 unspecified atom stereocenters. The van der Waals surface area contributed by atoms with Gasteiger partial charge < -0.3 is 5.73 Å². The molecule has 0 fully saturated rings. The van der Waals surface area contributed by atoms with E-state index in [0.717, 1.165) is 22.6 Å². The van der Waals surface area contributed by atoms with Crippen LogP contribution in [-0.4, -0.2) is 25.9 Å². The highest BCUT2D eigenvalue weighted by Crippen LogP contribution is 2.25. The summed E-state index contributed by atoms with van der Waals surface area (Å²) in [4.78, 5) is 8.31. The highest BCUT2D eigenvalue weighted by Gasteiger charge is 2.08. The van der Waals surface area contributed by atoms with Crippen molar-refractivity contribution in [3.8, 4) is 0 Å². The summed E-state index contributed by atoms with van der Waals surface area (Å²) in [5.74, 6) is 2.03. The fourth-order valence-corrected chi connectivity index (χ4v) is 2.57. The Bertz CT molecular complexity index is 479. The zero-order valence-corrected chi connectivity index (χ0v) is 10.2. The summed E-state index contributed by atoms with van der Waals surface area (Å²) in [6, 6.07) is 0. The van der Waals surface area contributed by atoms with E-state index in [1.54, 1.807) is 18.0 Å². The third-order valence-electron chi connectivity index (χ3n) is 2.23. The van der Waals surface area contributed by atoms with Crippen LogP contribution in [-0.2, 0) is 0 Å². The van der Waals surface area contributed by atoms with E-state index >= 15 is 0 Å². The predicted molar refractivity (Wildman–Crippen MR) is 66.3 cm³/mol. The van der Waals surface area contributed by atoms with Gasteiger partial charge in [-0.2, -0.15) is 10.1 Å². The molecular weight excluding hydrogens is 222 g/mol. The van der Waals surface area contributed by atoms with E-state index in [1.807, 2.05) is 0 Å². The van der Waals surface area contributed by atoms with Crippen LogP contribution < -0.4 is 5.73 Å². The average Bonchev–Trinajstić information content (AvgIpc) is 2.64. The Morgan fingerprint density at radius 2 is 2.25 bits per heavy atom. The molecule has 0 atom stereocenters. The fraction of sp³-hybridized carbons (Fsp3) is 0.500. The number of hydrogen-bond acceptors (Lipinski definition) is 5. The molecule has 0 aliphatic heterocycles. The van der Waals surface area contributed by atoms with Crippen LogP contribution in [0.15, 0.2) is 11.2 Å². The molecule has 86 valence electrons. The minimum Gasteiger partial charge on any atom is -0.368 e. The molecule has 5 nitrogen and oxygen atoms in total. The SMILES string of the molecule is CC(C)CCSc1nc(N)nc2[nH]ncc12. The van der Waals surface area contributed by atoms with Gasteiger partial charge in [-0.05, 0) is 18.1 Å². The van der Waals surface area contributed by atoms with Crippen molar-refractivity contribution in [3.05, 3.63) is 6.20 Å². The lowest BCUT2D eigenvalue weighted by Gasteiger charge is -2.04. The largest absolute Gasteiger partial charge is 0.368 e. The van der Waals surface area contributed by atoms with Crippen molar-refractivity contribution >= 4 is 28.7 Å². The van der Waals surface area contributed by atoms with Gasteiger partial charge in [0, 0.05) is 0 Å². The van der Waals surface area contributed by atoms with Crippen molar-refractivity contribution < 1.29 is 0 Å². The van der Waals surface area contributed by atoms with Crippen LogP contribution in [0, 0.1) is 5.92 Å². The van der Waals surface area contributed by atoms with E-state index in [2.05, 4.69) is 34.0 Å². The van der Waals surface area contributed by atoms with Gasteiger partial charge in [0.1, 0.15) is 5.03 Å². The molecule has 0 aliphatic rings. The summed E-state index contributed by atoms with van der Waals surface area (Å²) in [6.07, 6.45) is 2.90. The Labute approximate surface area is 98.2 Å². The smallest absolute Gasteiger partial charge is 0.223 e. The summed E-state index contributed by atoms with van der Waals surface area (Å²) >= 11 is 1.71. The number of aromatic amines is 1. The lowest BCUT2D eigenvalue weighted by molar-refractivity contribution is 0.632. The quantitative estimate of drug-likeness (QED) is 0.628. The molecule has 0 amide bonds. The number of nitrogens with two attached hydrogens (primary N) is 1. The molecule has 2 aromatic heterocycles. The third-order valence-corrected chi connectivity index (χ3v) is 3.25. The maximum Gasteiger partial charge on any atom is 0.223 e. The van der Waals surface area contributed by atoms with Gasteiger partial charge >= 0.3 is 0 Å². The van der Waals surface area contributed by atoms with Crippen LogP contribution in [0.5, 0.6) is 0 Å². The second-order valence-corrected chi connectivity index (χ2v) is 5.13. The number of fused-ring (bicyclic) bond motifs is 1. The van der Waals surface area contributed by atoms with Gasteiger partial charge in [-0.15, -0.1) is 11.8 Å². The van der Waals surface area contributed by atoms with Gasteiger partial charge in [0.2, 0.25) is 5.95 Å². The number of H-pyrrole nitrogens is 1. The van der Waals surface area contributed by atoms with Crippen molar-refractivity contribution in [3.63, 3.8) is 0 Å². The standard InChI is InChI=1S/C10H15N5S/c1-6(2)3-4-16-9-7-5-12-15-8(7)13-10(11)14-9/h5-6H,3-4H2,1-2H3,(H3,11,12,13,14,15). The number of nitrogen functional groups attached to an aromatic ring is 1. The van der Waals surface area contributed by atoms with Crippen molar-refractivity contribution in [1.29, 1.82) is 0 Å². The average molecular weight is 237 g/mol. The molecule has 2 heterocycles. The third kappa shape index (κ3) is 2.44. The first kappa shape index (κ1) is 11.2. The number of nitrogens with one attached hydrogen (secondary N) is 1. The van der Waals surface area contributed by atoms with Crippen molar-refractivity contribution in [2.75, 3.05) is 11.5 Å². The van der Waals surface area contributed by atoms with Crippen LogP contribution in [0.2, 0.25) is 0 Å². The Balaban J connectivity index is 2.19. The monoisotopic (exact) mass is 237 g/mol. The first-order valence-electron chi connectivity index (χ1n) is 5.26. The number of aromatic nitrogens is 4. The lowest BCUT2D eigenvalue weighted by Crippen LogP contribution is -1.97. The normalized spacial score (nSPS) is 11.4. The van der Waals surface area contributed by atoms with E-state index < -0.39 is 0 Å². The molecule has 0 aliphatic carbocycles. The zero-order valence-electron chi connectivity index (χ0n) is 9.40. The molecule has 0 saturated carbocycles. The zero-order chi connectivity index (χ0) is 11.5. The van der Waals surface area contributed by atoms with Gasteiger partial charge in [-0.3, -0.25) is 5.10 Å². The van der Waals surface area contributed by atoms with Crippen LogP contribution in [0.1, 0.15) is 20.3 Å². The number of anilines is 1. The number of hydrogen-bond donors (Lipinski definition) is 2. The summed E-state index contributed by atoms with van der Waals surface area (Å²) in [5.41, 5.74) is 6.34. The number of thioether (sulfide) groups is 1. The molecule has 6 heteroatoms. The second kappa shape index (κ2) is 4.69. The summed E-state index contributed by atoms with van der Waals surface area (Å²) in [7, 11) is 0. The molecule has 2 rings (SSSR count). The molecule has 3 N–H and O–H groups in total. The molecule has 0 radical (unpaired) electrons. The topological polar surface area (TPSA) is 80.5 Å². The highest BCUT2D eigenvalue weighted by molar-refractivity contribution is 7.99. The lowest BCUT2D eigenvalue weighted by atomic mass is 10.2. The minimum atomic E-state index is 0.295. The van der Waals surface area contributed by atoms with E-state index in [1.165, 1.54) is 0 Å². The Morgan fingerprint density at radius 1 is 1.44 bits per heavy atom. The maximum atomic E-state index is 5.63. The Kier molecular flexibility index (Phi) is 3.28. The Hall–Kier alpha value is -1.30. The van der Waals surface area contributed by atoms with Crippen LogP contribution in [0.25, 0.3) is 11.0 Å². The van der Waals surface area contributed by atoms with Crippen molar-refractivity contribution in [1.82, 2.24) is 20.2 Å². The van der Waals surface area contributed by atoms with E-state index in [9.17, 15) is 0 Å². The fourth-order valence-electron chi connectivity index (χ4n) is 1.33. The van der Waals surface area contributed by atoms with Gasteiger partial charge in [0.15, 0.2) is 5.65 Å². The molecular formula is C10H15N5S. The van der Waals surface area contributed by atoms with Crippen molar-refractivity contribution in [2.45, 2.75) is 25.3 Å². The van der Waals surface area contributed by atoms with Gasteiger partial charge in [0.25, 0.3) is 0 Å². The van der Waals surface area contributed by atoms with E-state index in [4.69, 9.17) is 5.73 Å². The predicted octanol–water partition coefficient (Wildman–Crippen LogP) is 2.07. The number of nitrogens with zero attached hydrogens (tertiary/aromatic N) is 3. The molecule has 2 aromatic rings.